The van der Waals surface area contributed by atoms with Gasteiger partial charge in [0.2, 0.25) is 0 Å². The zero-order valence-electron chi connectivity index (χ0n) is 14.7. The third-order valence-corrected chi connectivity index (χ3v) is 5.02. The summed E-state index contributed by atoms with van der Waals surface area (Å²) in [5.74, 6) is 1.91. The molecule has 1 aliphatic heterocycles. The molecule has 5 heteroatoms. The van der Waals surface area contributed by atoms with Crippen LogP contribution >= 0.6 is 12.2 Å². The zero-order chi connectivity index (χ0) is 16.9. The maximum atomic E-state index is 5.88. The molecule has 1 aromatic carbocycles. The molecule has 132 valence electrons. The number of thiocarbonyl (C=S) groups is 1. The lowest BCUT2D eigenvalue weighted by molar-refractivity contribution is 0.254. The molecule has 1 saturated carbocycles. The molecule has 1 atom stereocenters. The Morgan fingerprint density at radius 1 is 1.29 bits per heavy atom. The third kappa shape index (κ3) is 4.32. The lowest BCUT2D eigenvalue weighted by Crippen LogP contribution is -2.42. The van der Waals surface area contributed by atoms with Gasteiger partial charge in [0.25, 0.3) is 0 Å². The average molecular weight is 349 g/mol. The van der Waals surface area contributed by atoms with Crippen LogP contribution in [-0.4, -0.2) is 23.9 Å². The van der Waals surface area contributed by atoms with Crippen molar-refractivity contribution in [3.05, 3.63) is 23.3 Å². The molecule has 0 aromatic heterocycles. The number of hydrogen-bond acceptors (Lipinski definition) is 3. The molecule has 1 aromatic rings. The van der Waals surface area contributed by atoms with Crippen molar-refractivity contribution in [3.63, 3.8) is 0 Å². The van der Waals surface area contributed by atoms with Gasteiger partial charge in [0, 0.05) is 30.1 Å². The number of hydrogen-bond donors (Lipinski definition) is 2. The molecule has 0 radical (unpaired) electrons. The monoisotopic (exact) mass is 348 g/mol. The molecule has 1 heterocycles. The van der Waals surface area contributed by atoms with Crippen molar-refractivity contribution in [2.24, 2.45) is 0 Å². The molecule has 0 amide bonds. The molecule has 3 rings (SSSR count). The third-order valence-electron chi connectivity index (χ3n) is 4.76. The van der Waals surface area contributed by atoms with Crippen molar-refractivity contribution >= 4 is 17.3 Å². The summed E-state index contributed by atoms with van der Waals surface area (Å²) in [5, 5.41) is 7.52. The van der Waals surface area contributed by atoms with E-state index < -0.39 is 0 Å². The largest absolute Gasteiger partial charge is 0.494 e. The highest BCUT2D eigenvalue weighted by Gasteiger charge is 2.22. The van der Waals surface area contributed by atoms with Gasteiger partial charge in [-0.15, -0.1) is 0 Å². The van der Waals surface area contributed by atoms with Crippen LogP contribution in [0, 0.1) is 0 Å². The second-order valence-corrected chi connectivity index (χ2v) is 7.20. The second kappa shape index (κ2) is 8.06. The molecular weight excluding hydrogens is 320 g/mol. The normalized spacial score (nSPS) is 20.2. The SMILES string of the molecule is CCOc1cc2c(cc1CNC(=S)NC1CCCCC1)O[C@@H](C)C2. The molecule has 2 aliphatic rings. The Morgan fingerprint density at radius 2 is 2.08 bits per heavy atom. The summed E-state index contributed by atoms with van der Waals surface area (Å²) >= 11 is 5.47. The highest BCUT2D eigenvalue weighted by atomic mass is 32.1. The Balaban J connectivity index is 1.61. The van der Waals surface area contributed by atoms with Crippen LogP contribution in [0.5, 0.6) is 11.5 Å². The van der Waals surface area contributed by atoms with Crippen LogP contribution in [0.3, 0.4) is 0 Å². The number of rotatable bonds is 5. The lowest BCUT2D eigenvalue weighted by atomic mass is 9.96. The number of ether oxygens (including phenoxy) is 2. The second-order valence-electron chi connectivity index (χ2n) is 6.80. The van der Waals surface area contributed by atoms with Gasteiger partial charge in [0.1, 0.15) is 17.6 Å². The van der Waals surface area contributed by atoms with Crippen LogP contribution in [-0.2, 0) is 13.0 Å². The molecular formula is C19H28N2O2S. The minimum atomic E-state index is 0.242. The summed E-state index contributed by atoms with van der Waals surface area (Å²) < 4.78 is 11.7. The van der Waals surface area contributed by atoms with Crippen molar-refractivity contribution in [1.82, 2.24) is 10.6 Å². The lowest BCUT2D eigenvalue weighted by Gasteiger charge is -2.24. The predicted molar refractivity (Wildman–Crippen MR) is 101 cm³/mol. The molecule has 0 saturated heterocycles. The highest BCUT2D eigenvalue weighted by molar-refractivity contribution is 7.80. The molecule has 4 nitrogen and oxygen atoms in total. The fraction of sp³-hybridized carbons (Fsp3) is 0.632. The Labute approximate surface area is 150 Å². The van der Waals surface area contributed by atoms with E-state index in [-0.39, 0.29) is 6.10 Å². The van der Waals surface area contributed by atoms with Crippen molar-refractivity contribution in [2.45, 2.75) is 71.1 Å². The maximum Gasteiger partial charge on any atom is 0.166 e. The van der Waals surface area contributed by atoms with E-state index in [2.05, 4.69) is 29.7 Å². The first-order valence-electron chi connectivity index (χ1n) is 9.15. The van der Waals surface area contributed by atoms with Gasteiger partial charge in [-0.05, 0) is 51.0 Å². The van der Waals surface area contributed by atoms with E-state index in [0.717, 1.165) is 28.6 Å². The van der Waals surface area contributed by atoms with E-state index >= 15 is 0 Å². The summed E-state index contributed by atoms with van der Waals surface area (Å²) in [6.07, 6.45) is 7.58. The molecule has 0 unspecified atom stereocenters. The Bertz CT molecular complexity index is 585. The van der Waals surface area contributed by atoms with Crippen LogP contribution in [0.25, 0.3) is 0 Å². The van der Waals surface area contributed by atoms with Gasteiger partial charge in [-0.2, -0.15) is 0 Å². The van der Waals surface area contributed by atoms with E-state index in [0.29, 0.717) is 19.2 Å². The zero-order valence-corrected chi connectivity index (χ0v) is 15.5. The smallest absolute Gasteiger partial charge is 0.166 e. The standard InChI is InChI=1S/C19H28N2O2S/c1-3-22-17-10-14-9-13(2)23-18(14)11-15(17)12-20-19(24)21-16-7-5-4-6-8-16/h10-11,13,16H,3-9,12H2,1-2H3,(H2,20,21,24)/t13-/m0/s1. The van der Waals surface area contributed by atoms with E-state index in [1.165, 1.54) is 37.7 Å². The molecule has 1 fully saturated rings. The van der Waals surface area contributed by atoms with Gasteiger partial charge < -0.3 is 20.1 Å². The summed E-state index contributed by atoms with van der Waals surface area (Å²) in [4.78, 5) is 0. The van der Waals surface area contributed by atoms with Crippen LogP contribution in [0.1, 0.15) is 57.1 Å². The fourth-order valence-electron chi connectivity index (χ4n) is 3.57. The summed E-state index contributed by atoms with van der Waals surface area (Å²) in [6, 6.07) is 4.74. The van der Waals surface area contributed by atoms with Gasteiger partial charge >= 0.3 is 0 Å². The van der Waals surface area contributed by atoms with Crippen LogP contribution in [0.15, 0.2) is 12.1 Å². The first-order valence-corrected chi connectivity index (χ1v) is 9.56. The first kappa shape index (κ1) is 17.3. The summed E-state index contributed by atoms with van der Waals surface area (Å²) in [7, 11) is 0. The van der Waals surface area contributed by atoms with Crippen LogP contribution in [0.4, 0.5) is 0 Å². The van der Waals surface area contributed by atoms with E-state index in [1.807, 2.05) is 6.92 Å². The molecule has 1 aliphatic carbocycles. The minimum absolute atomic E-state index is 0.242. The van der Waals surface area contributed by atoms with Gasteiger partial charge in [-0.3, -0.25) is 0 Å². The number of fused-ring (bicyclic) bond motifs is 1. The Morgan fingerprint density at radius 3 is 2.83 bits per heavy atom. The quantitative estimate of drug-likeness (QED) is 0.794. The van der Waals surface area contributed by atoms with Gasteiger partial charge in [0.05, 0.1) is 6.61 Å². The molecule has 0 bridgehead atoms. The topological polar surface area (TPSA) is 42.5 Å². The van der Waals surface area contributed by atoms with E-state index in [1.54, 1.807) is 0 Å². The molecule has 24 heavy (non-hydrogen) atoms. The fourth-order valence-corrected chi connectivity index (χ4v) is 3.81. The summed E-state index contributed by atoms with van der Waals surface area (Å²) in [5.41, 5.74) is 2.33. The summed E-state index contributed by atoms with van der Waals surface area (Å²) in [6.45, 7) is 5.42. The van der Waals surface area contributed by atoms with Crippen LogP contribution in [0.2, 0.25) is 0 Å². The predicted octanol–water partition coefficient (Wildman–Crippen LogP) is 3.71. The Kier molecular flexibility index (Phi) is 5.82. The molecule has 0 spiro atoms. The van der Waals surface area contributed by atoms with Gasteiger partial charge in [-0.25, -0.2) is 0 Å². The first-order chi connectivity index (χ1) is 11.7. The Hall–Kier alpha value is -1.49. The maximum absolute atomic E-state index is 5.88. The minimum Gasteiger partial charge on any atom is -0.494 e. The van der Waals surface area contributed by atoms with Gasteiger partial charge in [0.15, 0.2) is 5.11 Å². The average Bonchev–Trinajstić information content (AvgIpc) is 2.93. The number of nitrogens with one attached hydrogen (secondary N) is 2. The van der Waals surface area contributed by atoms with Crippen molar-refractivity contribution < 1.29 is 9.47 Å². The van der Waals surface area contributed by atoms with Crippen LogP contribution < -0.4 is 20.1 Å². The van der Waals surface area contributed by atoms with Crippen molar-refractivity contribution in [3.8, 4) is 11.5 Å². The molecule has 2 N–H and O–H groups in total. The van der Waals surface area contributed by atoms with Crippen molar-refractivity contribution in [2.75, 3.05) is 6.61 Å². The highest BCUT2D eigenvalue weighted by Crippen LogP contribution is 2.35. The number of benzene rings is 1. The van der Waals surface area contributed by atoms with Crippen molar-refractivity contribution in [1.29, 1.82) is 0 Å². The van der Waals surface area contributed by atoms with E-state index in [4.69, 9.17) is 21.7 Å². The van der Waals surface area contributed by atoms with E-state index in [9.17, 15) is 0 Å². The van der Waals surface area contributed by atoms with Gasteiger partial charge in [-0.1, -0.05) is 19.3 Å².